The van der Waals surface area contributed by atoms with E-state index in [-0.39, 0.29) is 0 Å². The topological polar surface area (TPSA) is 51.8 Å². The first-order valence-corrected chi connectivity index (χ1v) is 9.33. The van der Waals surface area contributed by atoms with E-state index in [2.05, 4.69) is 10.6 Å². The molecule has 2 N–H and O–H groups in total. The highest BCUT2D eigenvalue weighted by Gasteiger charge is 2.17. The van der Waals surface area contributed by atoms with Crippen molar-refractivity contribution in [1.29, 1.82) is 0 Å². The molecule has 6 heteroatoms. The number of rotatable bonds is 15. The molecule has 0 amide bonds. The fourth-order valence-corrected chi connectivity index (χ4v) is 3.34. The average Bonchev–Trinajstić information content (AvgIpc) is 2.45. The summed E-state index contributed by atoms with van der Waals surface area (Å²) in [6, 6.07) is 0. The Morgan fingerprint density at radius 1 is 0.850 bits per heavy atom. The number of hydrogen-bond donors (Lipinski definition) is 2. The third-order valence-corrected chi connectivity index (χ3v) is 4.83. The lowest BCUT2D eigenvalue weighted by molar-refractivity contribution is 0.0837. The van der Waals surface area contributed by atoms with Crippen LogP contribution in [0.5, 0.6) is 0 Å². The van der Waals surface area contributed by atoms with Crippen molar-refractivity contribution in [3.8, 4) is 0 Å². The Labute approximate surface area is 126 Å². The van der Waals surface area contributed by atoms with Crippen LogP contribution in [0.15, 0.2) is 0 Å². The van der Waals surface area contributed by atoms with Crippen molar-refractivity contribution in [1.82, 2.24) is 10.6 Å². The van der Waals surface area contributed by atoms with Gasteiger partial charge in [-0.15, -0.1) is 0 Å². The molecule has 0 aliphatic heterocycles. The van der Waals surface area contributed by atoms with Crippen LogP contribution in [0, 0.1) is 5.92 Å². The zero-order valence-corrected chi connectivity index (χ0v) is 14.9. The predicted octanol–water partition coefficient (Wildman–Crippen LogP) is 1.41. The van der Waals surface area contributed by atoms with Crippen molar-refractivity contribution in [3.63, 3.8) is 0 Å². The molecular weight excluding hydrogens is 272 g/mol. The SMILES string of the molecule is CCO[SiH](OCC)OCC(CCCNC)CCCNC. The zero-order valence-electron chi connectivity index (χ0n) is 13.7. The zero-order chi connectivity index (χ0) is 15.1. The molecule has 0 heterocycles. The van der Waals surface area contributed by atoms with E-state index in [1.54, 1.807) is 0 Å². The van der Waals surface area contributed by atoms with E-state index in [4.69, 9.17) is 13.3 Å². The van der Waals surface area contributed by atoms with Gasteiger partial charge in [-0.25, -0.2) is 0 Å². The molecular formula is C14H34N2O3Si. The van der Waals surface area contributed by atoms with Gasteiger partial charge >= 0.3 is 9.53 Å². The van der Waals surface area contributed by atoms with E-state index in [0.29, 0.717) is 19.1 Å². The molecule has 0 rings (SSSR count). The molecule has 0 aliphatic carbocycles. The second kappa shape index (κ2) is 15.4. The van der Waals surface area contributed by atoms with Crippen molar-refractivity contribution >= 4 is 9.53 Å². The minimum absolute atomic E-state index is 0.604. The van der Waals surface area contributed by atoms with Gasteiger partial charge in [-0.3, -0.25) is 0 Å². The Balaban J connectivity index is 4.01. The molecule has 0 radical (unpaired) electrons. The van der Waals surface area contributed by atoms with Crippen LogP contribution in [0.4, 0.5) is 0 Å². The van der Waals surface area contributed by atoms with Crippen LogP contribution >= 0.6 is 0 Å². The Hall–Kier alpha value is 0.0169. The van der Waals surface area contributed by atoms with Gasteiger partial charge in [0.05, 0.1) is 0 Å². The van der Waals surface area contributed by atoms with E-state index in [9.17, 15) is 0 Å². The van der Waals surface area contributed by atoms with Gasteiger partial charge in [0.2, 0.25) is 0 Å². The summed E-state index contributed by atoms with van der Waals surface area (Å²) in [5.74, 6) is 0.604. The molecule has 0 aliphatic rings. The second-order valence-corrected chi connectivity index (χ2v) is 6.47. The van der Waals surface area contributed by atoms with Crippen LogP contribution in [0.25, 0.3) is 0 Å². The summed E-state index contributed by atoms with van der Waals surface area (Å²) in [7, 11) is 2.10. The fourth-order valence-electron chi connectivity index (χ4n) is 2.08. The van der Waals surface area contributed by atoms with Crippen molar-refractivity contribution in [2.45, 2.75) is 39.5 Å². The van der Waals surface area contributed by atoms with E-state index in [1.807, 2.05) is 27.9 Å². The second-order valence-electron chi connectivity index (χ2n) is 4.89. The van der Waals surface area contributed by atoms with Crippen molar-refractivity contribution < 1.29 is 13.3 Å². The molecule has 0 aromatic carbocycles. The van der Waals surface area contributed by atoms with Crippen LogP contribution in [-0.4, -0.2) is 56.5 Å². The maximum absolute atomic E-state index is 5.90. The summed E-state index contributed by atoms with van der Waals surface area (Å²) in [6.45, 7) is 8.21. The Bertz CT molecular complexity index is 183. The molecule has 20 heavy (non-hydrogen) atoms. The van der Waals surface area contributed by atoms with Crippen LogP contribution in [-0.2, 0) is 13.3 Å². The summed E-state index contributed by atoms with van der Waals surface area (Å²) < 4.78 is 17.0. The molecule has 0 spiro atoms. The average molecular weight is 307 g/mol. The quantitative estimate of drug-likeness (QED) is 0.354. The standard InChI is InChI=1S/C14H34N2O3Si/c1-5-17-20(18-6-2)19-13-14(9-7-11-15-3)10-8-12-16-4/h14-16,20H,5-13H2,1-4H3. The minimum Gasteiger partial charge on any atom is -0.376 e. The molecule has 0 aromatic heterocycles. The molecule has 0 unspecified atom stereocenters. The fraction of sp³-hybridized carbons (Fsp3) is 1.00. The third kappa shape index (κ3) is 11.8. The lowest BCUT2D eigenvalue weighted by Gasteiger charge is -2.21. The summed E-state index contributed by atoms with van der Waals surface area (Å²) >= 11 is 0. The van der Waals surface area contributed by atoms with E-state index < -0.39 is 9.53 Å². The molecule has 0 fully saturated rings. The number of nitrogens with one attached hydrogen (secondary N) is 2. The Kier molecular flexibility index (Phi) is 15.4. The minimum atomic E-state index is -1.90. The van der Waals surface area contributed by atoms with Crippen molar-refractivity contribution in [2.24, 2.45) is 5.92 Å². The maximum atomic E-state index is 5.90. The molecule has 122 valence electrons. The monoisotopic (exact) mass is 306 g/mol. The summed E-state index contributed by atoms with van der Waals surface area (Å²) in [4.78, 5) is 0. The van der Waals surface area contributed by atoms with E-state index in [0.717, 1.165) is 19.7 Å². The summed E-state index contributed by atoms with van der Waals surface area (Å²) in [5, 5.41) is 6.40. The van der Waals surface area contributed by atoms with Gasteiger partial charge in [-0.05, 0) is 72.6 Å². The molecule has 5 nitrogen and oxygen atoms in total. The highest BCUT2D eigenvalue weighted by Crippen LogP contribution is 2.14. The first kappa shape index (κ1) is 20.0. The molecule has 0 saturated heterocycles. The van der Waals surface area contributed by atoms with Gasteiger partial charge in [0.15, 0.2) is 0 Å². The lowest BCUT2D eigenvalue weighted by Crippen LogP contribution is -2.30. The maximum Gasteiger partial charge on any atom is 0.484 e. The molecule has 0 bridgehead atoms. The van der Waals surface area contributed by atoms with Gasteiger partial charge in [0, 0.05) is 19.8 Å². The lowest BCUT2D eigenvalue weighted by atomic mass is 9.98. The Morgan fingerprint density at radius 2 is 1.35 bits per heavy atom. The van der Waals surface area contributed by atoms with Gasteiger partial charge in [0.1, 0.15) is 0 Å². The highest BCUT2D eigenvalue weighted by atomic mass is 28.3. The Morgan fingerprint density at radius 3 is 1.75 bits per heavy atom. The third-order valence-electron chi connectivity index (χ3n) is 3.15. The summed E-state index contributed by atoms with van der Waals surface area (Å²) in [5.41, 5.74) is 0. The van der Waals surface area contributed by atoms with Crippen LogP contribution in [0.3, 0.4) is 0 Å². The van der Waals surface area contributed by atoms with Crippen LogP contribution in [0.2, 0.25) is 0 Å². The number of hydrogen-bond acceptors (Lipinski definition) is 5. The van der Waals surface area contributed by atoms with E-state index in [1.165, 1.54) is 25.7 Å². The first-order valence-electron chi connectivity index (χ1n) is 7.92. The van der Waals surface area contributed by atoms with Crippen molar-refractivity contribution in [2.75, 3.05) is 47.0 Å². The molecule has 0 atom stereocenters. The normalized spacial score (nSPS) is 11.7. The molecule has 0 saturated carbocycles. The predicted molar refractivity (Wildman–Crippen MR) is 86.2 cm³/mol. The highest BCUT2D eigenvalue weighted by molar-refractivity contribution is 6.36. The largest absolute Gasteiger partial charge is 0.484 e. The van der Waals surface area contributed by atoms with Crippen LogP contribution in [0.1, 0.15) is 39.5 Å². The van der Waals surface area contributed by atoms with Gasteiger partial charge in [0.25, 0.3) is 0 Å². The van der Waals surface area contributed by atoms with Gasteiger partial charge < -0.3 is 23.9 Å². The van der Waals surface area contributed by atoms with Gasteiger partial charge in [-0.2, -0.15) is 0 Å². The van der Waals surface area contributed by atoms with Crippen LogP contribution < -0.4 is 10.6 Å². The van der Waals surface area contributed by atoms with E-state index >= 15 is 0 Å². The van der Waals surface area contributed by atoms with Crippen molar-refractivity contribution in [3.05, 3.63) is 0 Å². The smallest absolute Gasteiger partial charge is 0.376 e. The molecule has 0 aromatic rings. The summed E-state index contributed by atoms with van der Waals surface area (Å²) in [6.07, 6.45) is 4.78. The van der Waals surface area contributed by atoms with Gasteiger partial charge in [-0.1, -0.05) is 0 Å². The first-order chi connectivity index (χ1) is 9.78.